The highest BCUT2D eigenvalue weighted by molar-refractivity contribution is 6.13. The van der Waals surface area contributed by atoms with E-state index in [4.69, 9.17) is 29.7 Å². The van der Waals surface area contributed by atoms with Crippen LogP contribution in [0.25, 0.3) is 11.3 Å². The lowest BCUT2D eigenvalue weighted by Crippen LogP contribution is -2.55. The van der Waals surface area contributed by atoms with Crippen LogP contribution >= 0.6 is 0 Å². The molecule has 3 aromatic rings. The Morgan fingerprint density at radius 1 is 0.792 bits per heavy atom. The fourth-order valence-corrected chi connectivity index (χ4v) is 8.25. The van der Waals surface area contributed by atoms with E-state index < -0.39 is 77.2 Å². The van der Waals surface area contributed by atoms with Gasteiger partial charge in [-0.1, -0.05) is 65.0 Å². The summed E-state index contributed by atoms with van der Waals surface area (Å²) in [7, 11) is 0. The molecular weight excluding hydrogens is 1000 g/mol. The monoisotopic (exact) mass is 1080 g/mol. The van der Waals surface area contributed by atoms with Crippen molar-refractivity contribution in [2.24, 2.45) is 17.1 Å². The molecule has 0 fully saturated rings. The maximum Gasteiger partial charge on any atom is 0.253 e. The fourth-order valence-electron chi connectivity index (χ4n) is 8.25. The number of imide groups is 1. The van der Waals surface area contributed by atoms with Crippen LogP contribution in [0.3, 0.4) is 0 Å². The van der Waals surface area contributed by atoms with Crippen molar-refractivity contribution in [3.63, 3.8) is 0 Å². The number of nitrogens with two attached hydrogens (primary N) is 1. The zero-order chi connectivity index (χ0) is 56.3. The average Bonchev–Trinajstić information content (AvgIpc) is 3.98. The molecule has 1 aliphatic rings. The van der Waals surface area contributed by atoms with Gasteiger partial charge < -0.3 is 60.5 Å². The van der Waals surface area contributed by atoms with Crippen LogP contribution in [0.1, 0.15) is 90.6 Å². The minimum atomic E-state index is -0.976. The molecule has 7 amide bonds. The molecular formula is C54H77F2N9O12. The molecule has 23 heteroatoms. The Morgan fingerprint density at radius 2 is 1.47 bits per heavy atom. The summed E-state index contributed by atoms with van der Waals surface area (Å²) in [6.07, 6.45) is 5.50. The van der Waals surface area contributed by atoms with Crippen LogP contribution in [0.5, 0.6) is 0 Å². The van der Waals surface area contributed by atoms with Crippen LogP contribution in [0.2, 0.25) is 0 Å². The van der Waals surface area contributed by atoms with E-state index in [9.17, 15) is 43.1 Å². The third-order valence-corrected chi connectivity index (χ3v) is 12.2. The summed E-state index contributed by atoms with van der Waals surface area (Å²) < 4.78 is 53.1. The van der Waals surface area contributed by atoms with Gasteiger partial charge in [-0.15, -0.1) is 0 Å². The highest BCUT2D eigenvalue weighted by atomic mass is 19.1. The Kier molecular flexibility index (Phi) is 27.0. The number of nitrogens with zero attached hydrogens (tertiary/aromatic N) is 4. The van der Waals surface area contributed by atoms with E-state index in [1.54, 1.807) is 24.6 Å². The number of ether oxygens (including phenoxy) is 4. The van der Waals surface area contributed by atoms with Crippen molar-refractivity contribution in [1.29, 1.82) is 0 Å². The standard InChI is InChI=1S/C54H77F2N9O12/c1-37(2)49(62-45(68)20-26-74-28-29-75-30-31-77-36-76-27-23-58-44(67)19-25-64-46(69)17-18-47(64)70)53(73)61-42(14-9-10-21-57)52(72)59-22-11-24-65(48(71)35-66)50(54(3,4)5)51-60-43(40-32-39(55)15-16-41(40)56)34-63(51)33-38-12-7-6-8-13-38/h6-8,12-13,15-18,32,34,37,42,49-50,66H,9-11,14,19-31,33,35-36,57H2,1-5H3,(H,58,67)(H,59,72)(H,61,73)(H,62,68)/t42-,49?,50-/m0/s1. The number of hydrogen-bond acceptors (Lipinski definition) is 14. The van der Waals surface area contributed by atoms with Gasteiger partial charge in [0.25, 0.3) is 11.8 Å². The summed E-state index contributed by atoms with van der Waals surface area (Å²) in [6, 6.07) is 9.82. The van der Waals surface area contributed by atoms with Gasteiger partial charge in [-0.2, -0.15) is 0 Å². The van der Waals surface area contributed by atoms with E-state index in [0.717, 1.165) is 40.8 Å². The van der Waals surface area contributed by atoms with Crippen LogP contribution in [0.4, 0.5) is 8.78 Å². The number of amides is 7. The maximum absolute atomic E-state index is 15.2. The number of unbranched alkanes of at least 4 members (excludes halogenated alkanes) is 1. The van der Waals surface area contributed by atoms with E-state index in [2.05, 4.69) is 21.3 Å². The highest BCUT2D eigenvalue weighted by Crippen LogP contribution is 2.39. The van der Waals surface area contributed by atoms with Gasteiger partial charge in [0.1, 0.15) is 42.9 Å². The third kappa shape index (κ3) is 21.5. The average molecular weight is 1080 g/mol. The van der Waals surface area contributed by atoms with E-state index in [1.807, 2.05) is 51.1 Å². The molecule has 77 heavy (non-hydrogen) atoms. The predicted octanol–water partition coefficient (Wildman–Crippen LogP) is 2.89. The van der Waals surface area contributed by atoms with Crippen molar-refractivity contribution in [3.05, 3.63) is 89.9 Å². The second-order valence-electron chi connectivity index (χ2n) is 19.7. The predicted molar refractivity (Wildman–Crippen MR) is 280 cm³/mol. The first kappa shape index (κ1) is 63.0. The van der Waals surface area contributed by atoms with Crippen LogP contribution in [-0.2, 0) is 59.1 Å². The third-order valence-electron chi connectivity index (χ3n) is 12.2. The second-order valence-corrected chi connectivity index (χ2v) is 19.7. The number of carbonyl (C=O) groups excluding carboxylic acids is 7. The molecule has 7 N–H and O–H groups in total. The van der Waals surface area contributed by atoms with Crippen LogP contribution in [0, 0.1) is 23.0 Å². The lowest BCUT2D eigenvalue weighted by molar-refractivity contribution is -0.140. The number of rotatable bonds is 36. The topological polar surface area (TPSA) is 275 Å². The number of benzene rings is 2. The Morgan fingerprint density at radius 3 is 2.13 bits per heavy atom. The fraction of sp³-hybridized carbons (Fsp3) is 0.556. The van der Waals surface area contributed by atoms with Gasteiger partial charge in [-0.25, -0.2) is 13.8 Å². The van der Waals surface area contributed by atoms with Crippen molar-refractivity contribution in [2.45, 2.75) is 97.8 Å². The normalized spacial score (nSPS) is 13.7. The quantitative estimate of drug-likeness (QED) is 0.0278. The zero-order valence-electron chi connectivity index (χ0n) is 44.9. The lowest BCUT2D eigenvalue weighted by Gasteiger charge is -2.40. The molecule has 0 radical (unpaired) electrons. The molecule has 1 aliphatic heterocycles. The molecule has 424 valence electrons. The molecule has 0 saturated heterocycles. The minimum Gasteiger partial charge on any atom is -0.387 e. The Hall–Kier alpha value is -6.50. The second kappa shape index (κ2) is 32.9. The van der Waals surface area contributed by atoms with Gasteiger partial charge in [0.2, 0.25) is 29.5 Å². The Bertz CT molecular complexity index is 2400. The van der Waals surface area contributed by atoms with Gasteiger partial charge >= 0.3 is 0 Å². The molecule has 0 saturated carbocycles. The van der Waals surface area contributed by atoms with Crippen molar-refractivity contribution in [1.82, 2.24) is 40.6 Å². The molecule has 2 heterocycles. The molecule has 0 bridgehead atoms. The number of aliphatic hydroxyl groups excluding tert-OH is 1. The summed E-state index contributed by atoms with van der Waals surface area (Å²) in [6.45, 7) is 10.6. The molecule has 4 rings (SSSR count). The molecule has 1 unspecified atom stereocenters. The van der Waals surface area contributed by atoms with E-state index in [-0.39, 0.29) is 128 Å². The number of carbonyl (C=O) groups is 7. The zero-order valence-corrected chi connectivity index (χ0v) is 44.9. The number of imidazole rings is 1. The smallest absolute Gasteiger partial charge is 0.253 e. The van der Waals surface area contributed by atoms with Crippen molar-refractivity contribution in [2.75, 3.05) is 85.8 Å². The first-order valence-corrected chi connectivity index (χ1v) is 26.0. The summed E-state index contributed by atoms with van der Waals surface area (Å²) in [5.74, 6) is -4.55. The van der Waals surface area contributed by atoms with Gasteiger partial charge in [-0.05, 0) is 67.3 Å². The minimum absolute atomic E-state index is 0.000338. The first-order valence-electron chi connectivity index (χ1n) is 26.0. The van der Waals surface area contributed by atoms with Crippen LogP contribution in [-0.4, -0.2) is 164 Å². The van der Waals surface area contributed by atoms with E-state index >= 15 is 4.39 Å². The Balaban J connectivity index is 1.22. The van der Waals surface area contributed by atoms with Gasteiger partial charge in [0, 0.05) is 69.5 Å². The van der Waals surface area contributed by atoms with Gasteiger partial charge in [0.05, 0.1) is 51.4 Å². The van der Waals surface area contributed by atoms with E-state index in [1.165, 1.54) is 4.90 Å². The Labute approximate surface area is 448 Å². The molecule has 0 aliphatic carbocycles. The molecule has 3 atom stereocenters. The molecule has 0 spiro atoms. The summed E-state index contributed by atoms with van der Waals surface area (Å²) in [5.41, 5.74) is 6.04. The summed E-state index contributed by atoms with van der Waals surface area (Å²) in [4.78, 5) is 96.5. The van der Waals surface area contributed by atoms with Crippen LogP contribution in [0.15, 0.2) is 66.9 Å². The number of aromatic nitrogens is 2. The van der Waals surface area contributed by atoms with Gasteiger partial charge in [-0.3, -0.25) is 38.5 Å². The molecule has 1 aromatic heterocycles. The molecule has 2 aromatic carbocycles. The van der Waals surface area contributed by atoms with Crippen molar-refractivity contribution >= 4 is 41.4 Å². The number of aliphatic hydroxyl groups is 1. The van der Waals surface area contributed by atoms with Gasteiger partial charge in [0.15, 0.2) is 0 Å². The maximum atomic E-state index is 15.2. The molecule has 21 nitrogen and oxygen atoms in total. The largest absolute Gasteiger partial charge is 0.387 e. The van der Waals surface area contributed by atoms with E-state index in [0.29, 0.717) is 25.2 Å². The first-order chi connectivity index (χ1) is 36.8. The van der Waals surface area contributed by atoms with Crippen LogP contribution < -0.4 is 27.0 Å². The van der Waals surface area contributed by atoms with Crippen molar-refractivity contribution < 1.29 is 66.4 Å². The summed E-state index contributed by atoms with van der Waals surface area (Å²) >= 11 is 0. The number of hydrogen-bond donors (Lipinski definition) is 6. The highest BCUT2D eigenvalue weighted by Gasteiger charge is 2.38. The number of nitrogens with one attached hydrogen (secondary N) is 4. The summed E-state index contributed by atoms with van der Waals surface area (Å²) in [5, 5.41) is 21.3. The SMILES string of the molecule is CC(C)C(NC(=O)CCOCCOCCOCOCCNC(=O)CCN1C(=O)C=CC1=O)C(=O)N[C@@H](CCCCN)C(=O)NCCCN(C(=O)CO)[C@@H](c1nc(-c2cc(F)ccc2F)cn1Cc1ccccc1)C(C)(C)C. The number of halogens is 2. The van der Waals surface area contributed by atoms with Crippen molar-refractivity contribution in [3.8, 4) is 11.3 Å². The lowest BCUT2D eigenvalue weighted by atomic mass is 9.84.